The molecule has 2 aromatic rings. The third-order valence-electron chi connectivity index (χ3n) is 4.22. The summed E-state index contributed by atoms with van der Waals surface area (Å²) in [4.78, 5) is 14.6. The number of carbonyl (C=O) groups is 1. The van der Waals surface area contributed by atoms with Crippen molar-refractivity contribution in [2.75, 3.05) is 30.9 Å². The standard InChI is InChI=1S/C17H21N3O3S2/c1-19(2)14-9-7-13(8-10-14)18-17(21)15-5-3-11-20(15)25(22,23)16-6-4-12-24-16/h4,6-10,12,15H,3,5,11H2,1-2H3,(H,18,21). The summed E-state index contributed by atoms with van der Waals surface area (Å²) in [6.45, 7) is 0.373. The van der Waals surface area contributed by atoms with Crippen LogP contribution in [0, 0.1) is 0 Å². The molecule has 1 N–H and O–H groups in total. The number of amides is 1. The summed E-state index contributed by atoms with van der Waals surface area (Å²) in [6, 6.07) is 10.1. The largest absolute Gasteiger partial charge is 0.378 e. The number of hydrogen-bond acceptors (Lipinski definition) is 5. The van der Waals surface area contributed by atoms with E-state index in [1.807, 2.05) is 43.3 Å². The molecule has 1 aromatic heterocycles. The van der Waals surface area contributed by atoms with Crippen LogP contribution in [0.15, 0.2) is 46.0 Å². The summed E-state index contributed by atoms with van der Waals surface area (Å²) >= 11 is 1.17. The van der Waals surface area contributed by atoms with E-state index >= 15 is 0 Å². The molecular weight excluding hydrogens is 358 g/mol. The van der Waals surface area contributed by atoms with Crippen molar-refractivity contribution in [3.63, 3.8) is 0 Å². The first-order valence-electron chi connectivity index (χ1n) is 8.03. The zero-order chi connectivity index (χ0) is 18.0. The number of sulfonamides is 1. The van der Waals surface area contributed by atoms with E-state index in [4.69, 9.17) is 0 Å². The normalized spacial score (nSPS) is 18.2. The van der Waals surface area contributed by atoms with Crippen LogP contribution in [0.4, 0.5) is 11.4 Å². The van der Waals surface area contributed by atoms with E-state index in [9.17, 15) is 13.2 Å². The minimum atomic E-state index is -3.62. The van der Waals surface area contributed by atoms with Gasteiger partial charge in [-0.3, -0.25) is 4.79 Å². The zero-order valence-electron chi connectivity index (χ0n) is 14.2. The number of nitrogens with one attached hydrogen (secondary N) is 1. The Balaban J connectivity index is 1.75. The van der Waals surface area contributed by atoms with Gasteiger partial charge in [-0.25, -0.2) is 8.42 Å². The van der Waals surface area contributed by atoms with E-state index in [1.165, 1.54) is 15.6 Å². The molecule has 25 heavy (non-hydrogen) atoms. The van der Waals surface area contributed by atoms with Crippen molar-refractivity contribution in [1.29, 1.82) is 0 Å². The van der Waals surface area contributed by atoms with Gasteiger partial charge in [0.25, 0.3) is 10.0 Å². The first kappa shape index (κ1) is 17.9. The minimum absolute atomic E-state index is 0.280. The topological polar surface area (TPSA) is 69.7 Å². The molecule has 1 atom stereocenters. The predicted molar refractivity (Wildman–Crippen MR) is 101 cm³/mol. The van der Waals surface area contributed by atoms with Crippen LogP contribution in [0.3, 0.4) is 0 Å². The summed E-state index contributed by atoms with van der Waals surface area (Å²) in [5.41, 5.74) is 1.69. The highest BCUT2D eigenvalue weighted by molar-refractivity contribution is 7.91. The second-order valence-corrected chi connectivity index (χ2v) is 9.20. The molecule has 0 radical (unpaired) electrons. The van der Waals surface area contributed by atoms with Gasteiger partial charge in [-0.1, -0.05) is 6.07 Å². The Kier molecular flexibility index (Phi) is 5.12. The van der Waals surface area contributed by atoms with Crippen LogP contribution >= 0.6 is 11.3 Å². The quantitative estimate of drug-likeness (QED) is 0.867. The van der Waals surface area contributed by atoms with Crippen LogP contribution in [0.1, 0.15) is 12.8 Å². The molecule has 1 amide bonds. The molecule has 3 rings (SSSR count). The van der Waals surface area contributed by atoms with Crippen molar-refractivity contribution in [3.8, 4) is 0 Å². The molecule has 8 heteroatoms. The van der Waals surface area contributed by atoms with Crippen LogP contribution in [0.2, 0.25) is 0 Å². The lowest BCUT2D eigenvalue weighted by molar-refractivity contribution is -0.119. The van der Waals surface area contributed by atoms with Crippen molar-refractivity contribution in [2.45, 2.75) is 23.1 Å². The smallest absolute Gasteiger partial charge is 0.253 e. The molecule has 0 saturated carbocycles. The van der Waals surface area contributed by atoms with Crippen molar-refractivity contribution in [3.05, 3.63) is 41.8 Å². The highest BCUT2D eigenvalue weighted by atomic mass is 32.2. The maximum Gasteiger partial charge on any atom is 0.253 e. The van der Waals surface area contributed by atoms with E-state index in [2.05, 4.69) is 5.32 Å². The monoisotopic (exact) mass is 379 g/mol. The van der Waals surface area contributed by atoms with Crippen LogP contribution < -0.4 is 10.2 Å². The Hall–Kier alpha value is -1.90. The van der Waals surface area contributed by atoms with Crippen LogP contribution in [0.25, 0.3) is 0 Å². The van der Waals surface area contributed by atoms with Crippen LogP contribution in [-0.4, -0.2) is 45.3 Å². The summed E-state index contributed by atoms with van der Waals surface area (Å²) < 4.78 is 27.1. The molecule has 6 nitrogen and oxygen atoms in total. The maximum atomic E-state index is 12.7. The molecule has 1 aliphatic rings. The number of carbonyl (C=O) groups excluding carboxylic acids is 1. The van der Waals surface area contributed by atoms with Crippen LogP contribution in [0.5, 0.6) is 0 Å². The highest BCUT2D eigenvalue weighted by Gasteiger charge is 2.39. The molecule has 0 bridgehead atoms. The summed E-state index contributed by atoms with van der Waals surface area (Å²) in [5, 5.41) is 4.56. The van der Waals surface area contributed by atoms with Gasteiger partial charge in [-0.05, 0) is 48.6 Å². The molecule has 0 aliphatic carbocycles. The lowest BCUT2D eigenvalue weighted by Crippen LogP contribution is -2.42. The Labute approximate surface area is 152 Å². The molecule has 1 aliphatic heterocycles. The van der Waals surface area contributed by atoms with Gasteiger partial charge in [-0.15, -0.1) is 11.3 Å². The van der Waals surface area contributed by atoms with Gasteiger partial charge < -0.3 is 10.2 Å². The number of hydrogen-bond donors (Lipinski definition) is 1. The first-order chi connectivity index (χ1) is 11.9. The Morgan fingerprint density at radius 1 is 1.24 bits per heavy atom. The molecule has 134 valence electrons. The average Bonchev–Trinajstić information content (AvgIpc) is 3.27. The minimum Gasteiger partial charge on any atom is -0.378 e. The van der Waals surface area contributed by atoms with Crippen molar-refractivity contribution < 1.29 is 13.2 Å². The van der Waals surface area contributed by atoms with Gasteiger partial charge >= 0.3 is 0 Å². The second-order valence-electron chi connectivity index (χ2n) is 6.14. The lowest BCUT2D eigenvalue weighted by atomic mass is 10.2. The third kappa shape index (κ3) is 3.70. The maximum absolute atomic E-state index is 12.7. The predicted octanol–water partition coefficient (Wildman–Crippen LogP) is 2.61. The van der Waals surface area contributed by atoms with Gasteiger partial charge in [0.2, 0.25) is 5.91 Å². The number of rotatable bonds is 5. The van der Waals surface area contributed by atoms with Gasteiger partial charge in [0.1, 0.15) is 10.3 Å². The van der Waals surface area contributed by atoms with Crippen molar-refractivity contribution >= 4 is 38.6 Å². The Bertz CT molecular complexity index is 831. The fraction of sp³-hybridized carbons (Fsp3) is 0.353. The fourth-order valence-corrected chi connectivity index (χ4v) is 5.66. The van der Waals surface area contributed by atoms with E-state index in [0.29, 0.717) is 25.1 Å². The van der Waals surface area contributed by atoms with Crippen molar-refractivity contribution in [1.82, 2.24) is 4.31 Å². The molecular formula is C17H21N3O3S2. The number of anilines is 2. The third-order valence-corrected chi connectivity index (χ3v) is 7.50. The van der Waals surface area contributed by atoms with E-state index in [-0.39, 0.29) is 10.1 Å². The number of nitrogens with zero attached hydrogens (tertiary/aromatic N) is 2. The molecule has 0 spiro atoms. The number of thiophene rings is 1. The molecule has 1 aromatic carbocycles. The zero-order valence-corrected chi connectivity index (χ0v) is 15.8. The molecule has 1 saturated heterocycles. The first-order valence-corrected chi connectivity index (χ1v) is 10.3. The summed E-state index contributed by atoms with van der Waals surface area (Å²) in [7, 11) is 0.272. The number of benzene rings is 1. The van der Waals surface area contributed by atoms with Crippen LogP contribution in [-0.2, 0) is 14.8 Å². The van der Waals surface area contributed by atoms with E-state index < -0.39 is 16.1 Å². The van der Waals surface area contributed by atoms with Gasteiger partial charge in [-0.2, -0.15) is 4.31 Å². The van der Waals surface area contributed by atoms with Gasteiger partial charge in [0.15, 0.2) is 0 Å². The second kappa shape index (κ2) is 7.15. The molecule has 1 fully saturated rings. The summed E-state index contributed by atoms with van der Waals surface area (Å²) in [5.74, 6) is -0.282. The van der Waals surface area contributed by atoms with Gasteiger partial charge in [0.05, 0.1) is 0 Å². The average molecular weight is 380 g/mol. The van der Waals surface area contributed by atoms with Gasteiger partial charge in [0, 0.05) is 32.0 Å². The molecule has 1 unspecified atom stereocenters. The Morgan fingerprint density at radius 2 is 1.96 bits per heavy atom. The fourth-order valence-electron chi connectivity index (χ4n) is 2.88. The van der Waals surface area contributed by atoms with Crippen molar-refractivity contribution in [2.24, 2.45) is 0 Å². The summed E-state index contributed by atoms with van der Waals surface area (Å²) in [6.07, 6.45) is 1.22. The van der Waals surface area contributed by atoms with E-state index in [1.54, 1.807) is 17.5 Å². The lowest BCUT2D eigenvalue weighted by Gasteiger charge is -2.22. The highest BCUT2D eigenvalue weighted by Crippen LogP contribution is 2.29. The Morgan fingerprint density at radius 3 is 2.56 bits per heavy atom. The van der Waals surface area contributed by atoms with E-state index in [0.717, 1.165) is 5.69 Å². The SMILES string of the molecule is CN(C)c1ccc(NC(=O)C2CCCN2S(=O)(=O)c2cccs2)cc1. The molecule has 2 heterocycles.